The largest absolute Gasteiger partial charge is 0.461 e. The fourth-order valence-corrected chi connectivity index (χ4v) is 2.87. The third-order valence-electron chi connectivity index (χ3n) is 3.79. The van der Waals surface area contributed by atoms with Crippen molar-refractivity contribution in [3.8, 4) is 0 Å². The van der Waals surface area contributed by atoms with Gasteiger partial charge in [0.15, 0.2) is 0 Å². The van der Waals surface area contributed by atoms with Crippen LogP contribution in [0.4, 0.5) is 0 Å². The molecule has 2 unspecified atom stereocenters. The van der Waals surface area contributed by atoms with E-state index in [1.165, 1.54) is 11.0 Å². The zero-order valence-corrected chi connectivity index (χ0v) is 11.1. The minimum Gasteiger partial charge on any atom is -0.461 e. The van der Waals surface area contributed by atoms with Crippen molar-refractivity contribution in [2.45, 2.75) is 32.6 Å². The van der Waals surface area contributed by atoms with Gasteiger partial charge >= 0.3 is 5.97 Å². The van der Waals surface area contributed by atoms with Crippen LogP contribution in [-0.2, 0) is 19.1 Å². The fourth-order valence-electron chi connectivity index (χ4n) is 2.87. The van der Waals surface area contributed by atoms with E-state index in [4.69, 9.17) is 4.74 Å². The van der Waals surface area contributed by atoms with Gasteiger partial charge in [-0.3, -0.25) is 14.5 Å². The number of rotatable bonds is 4. The Morgan fingerprint density at radius 3 is 2.37 bits per heavy atom. The maximum absolute atomic E-state index is 12.1. The Kier molecular flexibility index (Phi) is 4.35. The predicted octanol–water partition coefficient (Wildman–Crippen LogP) is 1.28. The van der Waals surface area contributed by atoms with Gasteiger partial charge in [0.1, 0.15) is 6.61 Å². The highest BCUT2D eigenvalue weighted by Crippen LogP contribution is 2.37. The van der Waals surface area contributed by atoms with E-state index in [1.807, 2.05) is 0 Å². The van der Waals surface area contributed by atoms with Crippen molar-refractivity contribution in [3.63, 3.8) is 0 Å². The number of allylic oxidation sites excluding steroid dienone is 1. The molecule has 2 aliphatic rings. The van der Waals surface area contributed by atoms with Gasteiger partial charge in [-0.05, 0) is 19.8 Å². The molecule has 1 heterocycles. The minimum absolute atomic E-state index is 0.0695. The first kappa shape index (κ1) is 13.8. The van der Waals surface area contributed by atoms with Crippen LogP contribution in [0.5, 0.6) is 0 Å². The van der Waals surface area contributed by atoms with Crippen LogP contribution in [0, 0.1) is 11.8 Å². The minimum atomic E-state index is -0.445. The van der Waals surface area contributed by atoms with Crippen LogP contribution in [0.1, 0.15) is 32.6 Å². The molecule has 0 aromatic rings. The van der Waals surface area contributed by atoms with Crippen LogP contribution in [0.3, 0.4) is 0 Å². The summed E-state index contributed by atoms with van der Waals surface area (Å²) < 4.78 is 4.92. The van der Waals surface area contributed by atoms with Crippen LogP contribution < -0.4 is 0 Å². The predicted molar refractivity (Wildman–Crippen MR) is 67.9 cm³/mol. The lowest BCUT2D eigenvalue weighted by molar-refractivity contribution is -0.145. The Morgan fingerprint density at radius 1 is 1.26 bits per heavy atom. The molecule has 0 spiro atoms. The molecule has 5 heteroatoms. The third-order valence-corrected chi connectivity index (χ3v) is 3.79. The monoisotopic (exact) mass is 265 g/mol. The summed E-state index contributed by atoms with van der Waals surface area (Å²) in [5.74, 6) is -0.882. The van der Waals surface area contributed by atoms with Crippen molar-refractivity contribution < 1.29 is 19.1 Å². The molecule has 5 nitrogen and oxygen atoms in total. The third kappa shape index (κ3) is 2.85. The number of esters is 1. The van der Waals surface area contributed by atoms with Crippen molar-refractivity contribution in [3.05, 3.63) is 12.2 Å². The Bertz CT molecular complexity index is 392. The van der Waals surface area contributed by atoms with Gasteiger partial charge in [-0.25, -0.2) is 4.79 Å². The number of hydrogen-bond acceptors (Lipinski definition) is 4. The molecular weight excluding hydrogens is 246 g/mol. The quantitative estimate of drug-likeness (QED) is 0.436. The number of fused-ring (bicyclic) bond motifs is 1. The number of hydrogen-bond donors (Lipinski definition) is 0. The van der Waals surface area contributed by atoms with E-state index in [2.05, 4.69) is 0 Å². The lowest BCUT2D eigenvalue weighted by atomic mass is 9.81. The van der Waals surface area contributed by atoms with Crippen LogP contribution in [0.25, 0.3) is 0 Å². The fraction of sp³-hybridized carbons (Fsp3) is 0.643. The smallest absolute Gasteiger partial charge is 0.330 e. The summed E-state index contributed by atoms with van der Waals surface area (Å²) in [5, 5.41) is 0. The number of carbonyl (C=O) groups excluding carboxylic acids is 3. The van der Waals surface area contributed by atoms with Crippen molar-refractivity contribution in [1.29, 1.82) is 0 Å². The van der Waals surface area contributed by atoms with Gasteiger partial charge in [0.05, 0.1) is 18.4 Å². The zero-order valence-electron chi connectivity index (χ0n) is 11.1. The highest BCUT2D eigenvalue weighted by atomic mass is 16.5. The number of amides is 2. The maximum Gasteiger partial charge on any atom is 0.330 e. The van der Waals surface area contributed by atoms with E-state index in [1.54, 1.807) is 13.0 Å². The van der Waals surface area contributed by atoms with E-state index >= 15 is 0 Å². The molecule has 2 rings (SSSR count). The van der Waals surface area contributed by atoms with E-state index in [-0.39, 0.29) is 36.8 Å². The van der Waals surface area contributed by atoms with Gasteiger partial charge < -0.3 is 4.74 Å². The first-order chi connectivity index (χ1) is 9.15. The summed E-state index contributed by atoms with van der Waals surface area (Å²) >= 11 is 0. The summed E-state index contributed by atoms with van der Waals surface area (Å²) in [7, 11) is 0. The van der Waals surface area contributed by atoms with E-state index in [0.717, 1.165) is 25.7 Å². The SMILES string of the molecule is CC=CC(=O)OCCN1C(=O)C2CCCCC2C1=O. The molecular formula is C14H19NO4. The topological polar surface area (TPSA) is 63.7 Å². The molecule has 1 aliphatic carbocycles. The molecule has 0 N–H and O–H groups in total. The molecule has 2 atom stereocenters. The maximum atomic E-state index is 12.1. The van der Waals surface area contributed by atoms with Gasteiger partial charge in [-0.15, -0.1) is 0 Å². The first-order valence-corrected chi connectivity index (χ1v) is 6.80. The molecule has 0 bridgehead atoms. The molecule has 0 aromatic heterocycles. The second-order valence-electron chi connectivity index (χ2n) is 4.99. The normalized spacial score (nSPS) is 26.9. The second kappa shape index (κ2) is 5.99. The highest BCUT2D eigenvalue weighted by Gasteiger charge is 2.47. The van der Waals surface area contributed by atoms with Crippen molar-refractivity contribution in [2.75, 3.05) is 13.2 Å². The number of likely N-dealkylation sites (tertiary alicyclic amines) is 1. The summed E-state index contributed by atoms with van der Waals surface area (Å²) in [6.45, 7) is 1.97. The van der Waals surface area contributed by atoms with Crippen molar-refractivity contribution in [2.24, 2.45) is 11.8 Å². The van der Waals surface area contributed by atoms with E-state index < -0.39 is 5.97 Å². The molecule has 19 heavy (non-hydrogen) atoms. The first-order valence-electron chi connectivity index (χ1n) is 6.80. The number of ether oxygens (including phenoxy) is 1. The summed E-state index contributed by atoms with van der Waals surface area (Å²) in [6, 6.07) is 0. The van der Waals surface area contributed by atoms with E-state index in [9.17, 15) is 14.4 Å². The van der Waals surface area contributed by atoms with Gasteiger partial charge in [-0.2, -0.15) is 0 Å². The molecule has 1 saturated heterocycles. The molecule has 1 aliphatic heterocycles. The molecule has 2 fully saturated rings. The van der Waals surface area contributed by atoms with Gasteiger partial charge in [0.25, 0.3) is 0 Å². The summed E-state index contributed by atoms with van der Waals surface area (Å²) in [4.78, 5) is 36.6. The summed E-state index contributed by atoms with van der Waals surface area (Å²) in [5.41, 5.74) is 0. The second-order valence-corrected chi connectivity index (χ2v) is 4.99. The van der Waals surface area contributed by atoms with Crippen molar-refractivity contribution >= 4 is 17.8 Å². The summed E-state index contributed by atoms with van der Waals surface area (Å²) in [6.07, 6.45) is 6.55. The Morgan fingerprint density at radius 2 is 1.84 bits per heavy atom. The number of nitrogens with zero attached hydrogens (tertiary/aromatic N) is 1. The Balaban J connectivity index is 1.88. The van der Waals surface area contributed by atoms with Crippen LogP contribution >= 0.6 is 0 Å². The lowest BCUT2D eigenvalue weighted by Crippen LogP contribution is -2.34. The standard InChI is InChI=1S/C14H19NO4/c1-2-5-12(16)19-9-8-15-13(17)10-6-3-4-7-11(10)14(15)18/h2,5,10-11H,3-4,6-9H2,1H3. The van der Waals surface area contributed by atoms with Crippen LogP contribution in [0.2, 0.25) is 0 Å². The van der Waals surface area contributed by atoms with E-state index in [0.29, 0.717) is 0 Å². The molecule has 2 amide bonds. The molecule has 0 aromatic carbocycles. The average Bonchev–Trinajstić information content (AvgIpc) is 2.65. The highest BCUT2D eigenvalue weighted by molar-refractivity contribution is 6.05. The molecule has 1 saturated carbocycles. The number of imide groups is 1. The Labute approximate surface area is 112 Å². The zero-order chi connectivity index (χ0) is 13.8. The van der Waals surface area contributed by atoms with Gasteiger partial charge in [0, 0.05) is 6.08 Å². The van der Waals surface area contributed by atoms with Crippen LogP contribution in [-0.4, -0.2) is 35.8 Å². The van der Waals surface area contributed by atoms with Gasteiger partial charge in [0.2, 0.25) is 11.8 Å². The van der Waals surface area contributed by atoms with Crippen LogP contribution in [0.15, 0.2) is 12.2 Å². The Hall–Kier alpha value is -1.65. The molecule has 104 valence electrons. The van der Waals surface area contributed by atoms with Crippen molar-refractivity contribution in [1.82, 2.24) is 4.90 Å². The number of carbonyl (C=O) groups is 3. The average molecular weight is 265 g/mol. The van der Waals surface area contributed by atoms with Gasteiger partial charge in [-0.1, -0.05) is 18.9 Å². The lowest BCUT2D eigenvalue weighted by Gasteiger charge is -2.19. The molecule has 0 radical (unpaired) electrons.